The van der Waals surface area contributed by atoms with Gasteiger partial charge in [-0.2, -0.15) is 0 Å². The number of anilines is 1. The van der Waals surface area contributed by atoms with Gasteiger partial charge in [0.2, 0.25) is 0 Å². The molecule has 18 heavy (non-hydrogen) atoms. The molecule has 2 nitrogen and oxygen atoms in total. The molecule has 1 aromatic rings. The van der Waals surface area contributed by atoms with E-state index in [4.69, 9.17) is 0 Å². The van der Waals surface area contributed by atoms with Gasteiger partial charge in [-0.3, -0.25) is 0 Å². The van der Waals surface area contributed by atoms with Crippen LogP contribution in [0.5, 0.6) is 0 Å². The summed E-state index contributed by atoms with van der Waals surface area (Å²) in [6.45, 7) is 4.44. The Morgan fingerprint density at radius 3 is 2.94 bits per heavy atom. The van der Waals surface area contributed by atoms with Crippen LogP contribution in [0.1, 0.15) is 31.2 Å². The van der Waals surface area contributed by atoms with E-state index in [9.17, 15) is 0 Å². The lowest BCUT2D eigenvalue weighted by Crippen LogP contribution is -2.37. The molecule has 1 aliphatic heterocycles. The van der Waals surface area contributed by atoms with Crippen molar-refractivity contribution in [3.63, 3.8) is 0 Å². The van der Waals surface area contributed by atoms with Crippen LogP contribution < -0.4 is 5.32 Å². The lowest BCUT2D eigenvalue weighted by atomic mass is 10.0. The summed E-state index contributed by atoms with van der Waals surface area (Å²) in [5.74, 6) is 0. The Morgan fingerprint density at radius 1 is 1.39 bits per heavy atom. The van der Waals surface area contributed by atoms with E-state index in [1.54, 1.807) is 0 Å². The summed E-state index contributed by atoms with van der Waals surface area (Å²) in [6, 6.07) is 7.24. The Balaban J connectivity index is 1.79. The molecule has 0 aromatic heterocycles. The van der Waals surface area contributed by atoms with E-state index in [-0.39, 0.29) is 0 Å². The van der Waals surface area contributed by atoms with Crippen molar-refractivity contribution in [1.29, 1.82) is 0 Å². The molecule has 2 rings (SSSR count). The minimum absolute atomic E-state index is 0.764. The zero-order valence-corrected chi connectivity index (χ0v) is 13.0. The van der Waals surface area contributed by atoms with E-state index < -0.39 is 0 Å². The molecule has 1 aliphatic rings. The first-order chi connectivity index (χ1) is 8.66. The Bertz CT molecular complexity index is 392. The molecule has 1 N–H and O–H groups in total. The normalized spacial score (nSPS) is 20.9. The molecule has 1 aromatic carbocycles. The number of piperidine rings is 1. The van der Waals surface area contributed by atoms with Crippen molar-refractivity contribution in [3.05, 3.63) is 28.2 Å². The van der Waals surface area contributed by atoms with Gasteiger partial charge in [-0.25, -0.2) is 0 Å². The van der Waals surface area contributed by atoms with E-state index in [0.29, 0.717) is 0 Å². The van der Waals surface area contributed by atoms with Gasteiger partial charge in [0, 0.05) is 22.7 Å². The first-order valence-corrected chi connectivity index (χ1v) is 7.66. The zero-order valence-electron chi connectivity index (χ0n) is 11.4. The van der Waals surface area contributed by atoms with E-state index in [1.807, 2.05) is 0 Å². The van der Waals surface area contributed by atoms with Gasteiger partial charge in [0.15, 0.2) is 0 Å². The number of halogens is 1. The van der Waals surface area contributed by atoms with Crippen LogP contribution in [-0.4, -0.2) is 31.1 Å². The summed E-state index contributed by atoms with van der Waals surface area (Å²) >= 11 is 3.58. The summed E-state index contributed by atoms with van der Waals surface area (Å²) in [4.78, 5) is 2.51. The predicted molar refractivity (Wildman–Crippen MR) is 82.3 cm³/mol. The number of benzene rings is 1. The fourth-order valence-electron chi connectivity index (χ4n) is 2.59. The predicted octanol–water partition coefficient (Wildman–Crippen LogP) is 4.04. The smallest absolute Gasteiger partial charge is 0.0351 e. The van der Waals surface area contributed by atoms with Gasteiger partial charge < -0.3 is 10.2 Å². The fraction of sp³-hybridized carbons (Fsp3) is 0.600. The number of nitrogens with one attached hydrogen (secondary N) is 1. The summed E-state index contributed by atoms with van der Waals surface area (Å²) in [6.07, 6.45) is 5.36. The minimum atomic E-state index is 0.764. The molecule has 1 heterocycles. The molecule has 0 aliphatic carbocycles. The Morgan fingerprint density at radius 2 is 2.22 bits per heavy atom. The highest BCUT2D eigenvalue weighted by Crippen LogP contribution is 2.21. The van der Waals surface area contributed by atoms with Gasteiger partial charge in [0.25, 0.3) is 0 Å². The summed E-state index contributed by atoms with van der Waals surface area (Å²) in [5, 5.41) is 3.52. The maximum Gasteiger partial charge on any atom is 0.0351 e. The molecule has 0 spiro atoms. The third-order valence-electron chi connectivity index (χ3n) is 3.90. The van der Waals surface area contributed by atoms with Gasteiger partial charge in [-0.1, -0.05) is 28.4 Å². The maximum atomic E-state index is 3.58. The second kappa shape index (κ2) is 6.58. The Labute approximate surface area is 119 Å². The third kappa shape index (κ3) is 3.72. The van der Waals surface area contributed by atoms with Gasteiger partial charge in [0.05, 0.1) is 0 Å². The highest BCUT2D eigenvalue weighted by molar-refractivity contribution is 9.10. The van der Waals surface area contributed by atoms with Crippen molar-refractivity contribution in [2.24, 2.45) is 0 Å². The molecule has 100 valence electrons. The quantitative estimate of drug-likeness (QED) is 0.902. The van der Waals surface area contributed by atoms with Crippen molar-refractivity contribution in [3.8, 4) is 0 Å². The standard InChI is InChI=1S/C15H23BrN2/c1-12-6-7-13(11-15(12)16)17-9-8-14-5-3-4-10-18(14)2/h6-7,11,14,17H,3-5,8-10H2,1-2H3. The molecule has 1 saturated heterocycles. The highest BCUT2D eigenvalue weighted by Gasteiger charge is 2.17. The number of nitrogens with zero attached hydrogens (tertiary/aromatic N) is 1. The third-order valence-corrected chi connectivity index (χ3v) is 4.75. The van der Waals surface area contributed by atoms with Gasteiger partial charge in [-0.05, 0) is 57.5 Å². The van der Waals surface area contributed by atoms with Gasteiger partial charge >= 0.3 is 0 Å². The fourth-order valence-corrected chi connectivity index (χ4v) is 2.97. The van der Waals surface area contributed by atoms with Crippen LogP contribution in [0.25, 0.3) is 0 Å². The minimum Gasteiger partial charge on any atom is -0.385 e. The van der Waals surface area contributed by atoms with Crippen molar-refractivity contribution in [2.45, 2.75) is 38.6 Å². The second-order valence-corrected chi connectivity index (χ2v) is 6.16. The average Bonchev–Trinajstić information content (AvgIpc) is 2.36. The molecule has 0 amide bonds. The van der Waals surface area contributed by atoms with Gasteiger partial charge in [-0.15, -0.1) is 0 Å². The Kier molecular flexibility index (Phi) is 5.07. The van der Waals surface area contributed by atoms with E-state index in [1.165, 1.54) is 48.0 Å². The molecule has 1 unspecified atom stereocenters. The van der Waals surface area contributed by atoms with E-state index in [2.05, 4.69) is 58.3 Å². The van der Waals surface area contributed by atoms with Crippen LogP contribution in [0.15, 0.2) is 22.7 Å². The Hall–Kier alpha value is -0.540. The van der Waals surface area contributed by atoms with Crippen LogP contribution in [0.3, 0.4) is 0 Å². The number of hydrogen-bond donors (Lipinski definition) is 1. The topological polar surface area (TPSA) is 15.3 Å². The summed E-state index contributed by atoms with van der Waals surface area (Å²) in [5.41, 5.74) is 2.50. The monoisotopic (exact) mass is 310 g/mol. The first-order valence-electron chi connectivity index (χ1n) is 6.87. The molecule has 0 bridgehead atoms. The average molecular weight is 311 g/mol. The zero-order chi connectivity index (χ0) is 13.0. The number of aryl methyl sites for hydroxylation is 1. The van der Waals surface area contributed by atoms with Crippen LogP contribution in [-0.2, 0) is 0 Å². The highest BCUT2D eigenvalue weighted by atomic mass is 79.9. The van der Waals surface area contributed by atoms with Crippen molar-refractivity contribution >= 4 is 21.6 Å². The van der Waals surface area contributed by atoms with Crippen LogP contribution in [0.2, 0.25) is 0 Å². The number of likely N-dealkylation sites (tertiary alicyclic amines) is 1. The summed E-state index contributed by atoms with van der Waals surface area (Å²) in [7, 11) is 2.26. The number of hydrogen-bond acceptors (Lipinski definition) is 2. The molecule has 0 radical (unpaired) electrons. The van der Waals surface area contributed by atoms with Gasteiger partial charge in [0.1, 0.15) is 0 Å². The van der Waals surface area contributed by atoms with Crippen LogP contribution in [0.4, 0.5) is 5.69 Å². The number of rotatable bonds is 4. The largest absolute Gasteiger partial charge is 0.385 e. The van der Waals surface area contributed by atoms with Crippen LogP contribution in [0, 0.1) is 6.92 Å². The SMILES string of the molecule is Cc1ccc(NCCC2CCCCN2C)cc1Br. The molecule has 1 fully saturated rings. The molecular weight excluding hydrogens is 288 g/mol. The van der Waals surface area contributed by atoms with E-state index >= 15 is 0 Å². The van der Waals surface area contributed by atoms with Crippen LogP contribution >= 0.6 is 15.9 Å². The molecule has 1 atom stereocenters. The van der Waals surface area contributed by atoms with Crippen molar-refractivity contribution in [2.75, 3.05) is 25.5 Å². The lowest BCUT2D eigenvalue weighted by Gasteiger charge is -2.32. The van der Waals surface area contributed by atoms with Crippen molar-refractivity contribution < 1.29 is 0 Å². The summed E-state index contributed by atoms with van der Waals surface area (Å²) < 4.78 is 1.18. The lowest BCUT2D eigenvalue weighted by molar-refractivity contribution is 0.179. The second-order valence-electron chi connectivity index (χ2n) is 5.31. The van der Waals surface area contributed by atoms with Crippen molar-refractivity contribution in [1.82, 2.24) is 4.90 Å². The molecular formula is C15H23BrN2. The first kappa shape index (κ1) is 13.9. The van der Waals surface area contributed by atoms with E-state index in [0.717, 1.165) is 12.6 Å². The maximum absolute atomic E-state index is 3.58. The molecule has 3 heteroatoms. The molecule has 0 saturated carbocycles.